The first-order valence-corrected chi connectivity index (χ1v) is 9.93. The van der Waals surface area contributed by atoms with Gasteiger partial charge in [0.05, 0.1) is 6.20 Å². The molecule has 2 aromatic heterocycles. The second-order valence-electron chi connectivity index (χ2n) is 7.36. The van der Waals surface area contributed by atoms with Gasteiger partial charge in [0.1, 0.15) is 5.56 Å². The minimum Gasteiger partial charge on any atom is -0.336 e. The summed E-state index contributed by atoms with van der Waals surface area (Å²) in [6.45, 7) is 9.04. The number of nitrogens with zero attached hydrogens (tertiary/aromatic N) is 5. The standard InChI is InChI=1S/C21H24ClN5O/c1-14-12-15(2)27-20(24-14)18(13-23-27)21(28)26-10-8-25(9-11-26)16(3)17-6-4-5-7-19(17)22/h4-7,12-13,16H,8-11H2,1-3H3. The first-order valence-electron chi connectivity index (χ1n) is 9.55. The van der Waals surface area contributed by atoms with Crippen molar-refractivity contribution in [1.82, 2.24) is 24.4 Å². The van der Waals surface area contributed by atoms with Gasteiger partial charge in [-0.25, -0.2) is 9.50 Å². The lowest BCUT2D eigenvalue weighted by Gasteiger charge is -2.38. The molecule has 1 amide bonds. The number of carbonyl (C=O) groups excluding carboxylic acids is 1. The predicted molar refractivity (Wildman–Crippen MR) is 110 cm³/mol. The van der Waals surface area contributed by atoms with Crippen LogP contribution < -0.4 is 0 Å². The van der Waals surface area contributed by atoms with Crippen molar-refractivity contribution >= 4 is 23.2 Å². The molecule has 1 aromatic carbocycles. The Bertz CT molecular complexity index is 1020. The minimum absolute atomic E-state index is 0.00227. The number of amides is 1. The van der Waals surface area contributed by atoms with Crippen LogP contribution in [0, 0.1) is 13.8 Å². The number of hydrogen-bond donors (Lipinski definition) is 0. The van der Waals surface area contributed by atoms with Gasteiger partial charge in [0.15, 0.2) is 5.65 Å². The summed E-state index contributed by atoms with van der Waals surface area (Å²) in [5.41, 5.74) is 4.19. The average Bonchev–Trinajstić information content (AvgIpc) is 3.11. The van der Waals surface area contributed by atoms with Crippen molar-refractivity contribution < 1.29 is 4.79 Å². The van der Waals surface area contributed by atoms with Gasteiger partial charge in [-0.3, -0.25) is 9.69 Å². The molecule has 0 radical (unpaired) electrons. The van der Waals surface area contributed by atoms with E-state index < -0.39 is 0 Å². The van der Waals surface area contributed by atoms with Crippen LogP contribution in [0.15, 0.2) is 36.5 Å². The maximum absolute atomic E-state index is 13.1. The van der Waals surface area contributed by atoms with Crippen LogP contribution >= 0.6 is 11.6 Å². The van der Waals surface area contributed by atoms with Crippen molar-refractivity contribution in [2.24, 2.45) is 0 Å². The lowest BCUT2D eigenvalue weighted by Crippen LogP contribution is -2.49. The summed E-state index contributed by atoms with van der Waals surface area (Å²) in [5.74, 6) is -0.00227. The van der Waals surface area contributed by atoms with Crippen LogP contribution in [0.4, 0.5) is 0 Å². The molecular formula is C21H24ClN5O. The van der Waals surface area contributed by atoms with Crippen molar-refractivity contribution in [2.75, 3.05) is 26.2 Å². The fraction of sp³-hybridized carbons (Fsp3) is 0.381. The molecule has 3 heterocycles. The Morgan fingerprint density at radius 2 is 1.86 bits per heavy atom. The molecule has 4 rings (SSSR count). The van der Waals surface area contributed by atoms with E-state index in [0.29, 0.717) is 24.3 Å². The predicted octanol–water partition coefficient (Wildman–Crippen LogP) is 3.52. The zero-order valence-corrected chi connectivity index (χ0v) is 17.1. The molecular weight excluding hydrogens is 374 g/mol. The maximum atomic E-state index is 13.1. The van der Waals surface area contributed by atoms with Gasteiger partial charge >= 0.3 is 0 Å². The molecule has 1 aliphatic rings. The molecule has 1 unspecified atom stereocenters. The number of rotatable bonds is 3. The Hall–Kier alpha value is -2.44. The second kappa shape index (κ2) is 7.53. The second-order valence-corrected chi connectivity index (χ2v) is 7.77. The number of benzene rings is 1. The fourth-order valence-electron chi connectivity index (χ4n) is 3.91. The van der Waals surface area contributed by atoms with Gasteiger partial charge in [-0.15, -0.1) is 0 Å². The Morgan fingerprint density at radius 3 is 2.57 bits per heavy atom. The molecule has 146 valence electrons. The molecule has 7 heteroatoms. The summed E-state index contributed by atoms with van der Waals surface area (Å²) < 4.78 is 1.73. The van der Waals surface area contributed by atoms with Crippen LogP contribution in [-0.2, 0) is 0 Å². The third kappa shape index (κ3) is 3.38. The molecule has 1 atom stereocenters. The summed E-state index contributed by atoms with van der Waals surface area (Å²) in [6.07, 6.45) is 1.63. The van der Waals surface area contributed by atoms with Crippen LogP contribution in [0.2, 0.25) is 5.02 Å². The number of hydrogen-bond acceptors (Lipinski definition) is 4. The molecule has 1 saturated heterocycles. The van der Waals surface area contributed by atoms with E-state index in [2.05, 4.69) is 28.0 Å². The number of piperazine rings is 1. The third-order valence-electron chi connectivity index (χ3n) is 5.51. The zero-order chi connectivity index (χ0) is 19.8. The highest BCUT2D eigenvalue weighted by atomic mass is 35.5. The molecule has 0 bridgehead atoms. The number of aromatic nitrogens is 3. The molecule has 0 aliphatic carbocycles. The number of carbonyl (C=O) groups is 1. The topological polar surface area (TPSA) is 53.7 Å². The average molecular weight is 398 g/mol. The lowest BCUT2D eigenvalue weighted by molar-refractivity contribution is 0.0583. The summed E-state index contributed by atoms with van der Waals surface area (Å²) >= 11 is 6.36. The summed E-state index contributed by atoms with van der Waals surface area (Å²) in [5, 5.41) is 5.14. The SMILES string of the molecule is Cc1cc(C)n2ncc(C(=O)N3CCN(C(C)c4ccccc4Cl)CC3)c2n1. The lowest BCUT2D eigenvalue weighted by atomic mass is 10.1. The first-order chi connectivity index (χ1) is 13.5. The molecule has 1 fully saturated rings. The third-order valence-corrected chi connectivity index (χ3v) is 5.86. The van der Waals surface area contributed by atoms with E-state index in [-0.39, 0.29) is 11.9 Å². The van der Waals surface area contributed by atoms with E-state index in [4.69, 9.17) is 11.6 Å². The largest absolute Gasteiger partial charge is 0.336 e. The Morgan fingerprint density at radius 1 is 1.14 bits per heavy atom. The monoisotopic (exact) mass is 397 g/mol. The number of halogens is 1. The minimum atomic E-state index is -0.00227. The van der Waals surface area contributed by atoms with Crippen molar-refractivity contribution in [1.29, 1.82) is 0 Å². The highest BCUT2D eigenvalue weighted by molar-refractivity contribution is 6.31. The van der Waals surface area contributed by atoms with Crippen molar-refractivity contribution in [3.05, 3.63) is 64.1 Å². The van der Waals surface area contributed by atoms with Crippen molar-refractivity contribution in [3.63, 3.8) is 0 Å². The Balaban J connectivity index is 1.48. The van der Waals surface area contributed by atoms with Crippen LogP contribution in [0.3, 0.4) is 0 Å². The van der Waals surface area contributed by atoms with E-state index in [1.165, 1.54) is 0 Å². The highest BCUT2D eigenvalue weighted by Gasteiger charge is 2.28. The Labute approximate surface area is 169 Å². The smallest absolute Gasteiger partial charge is 0.259 e. The van der Waals surface area contributed by atoms with Gasteiger partial charge in [0.25, 0.3) is 5.91 Å². The first kappa shape index (κ1) is 18.9. The maximum Gasteiger partial charge on any atom is 0.259 e. The summed E-state index contributed by atoms with van der Waals surface area (Å²) in [7, 11) is 0. The molecule has 28 heavy (non-hydrogen) atoms. The molecule has 0 saturated carbocycles. The number of fused-ring (bicyclic) bond motifs is 1. The number of aryl methyl sites for hydroxylation is 2. The van der Waals surface area contributed by atoms with Gasteiger partial charge in [0.2, 0.25) is 0 Å². The van der Waals surface area contributed by atoms with Crippen LogP contribution in [0.5, 0.6) is 0 Å². The molecule has 1 aliphatic heterocycles. The summed E-state index contributed by atoms with van der Waals surface area (Å²) in [6, 6.07) is 10.1. The van der Waals surface area contributed by atoms with Gasteiger partial charge in [0, 0.05) is 48.6 Å². The molecule has 6 nitrogen and oxygen atoms in total. The van der Waals surface area contributed by atoms with E-state index in [9.17, 15) is 4.79 Å². The molecule has 3 aromatic rings. The van der Waals surface area contributed by atoms with Gasteiger partial charge < -0.3 is 4.90 Å². The Kier molecular flexibility index (Phi) is 5.08. The van der Waals surface area contributed by atoms with Crippen molar-refractivity contribution in [2.45, 2.75) is 26.8 Å². The van der Waals surface area contributed by atoms with E-state index in [1.54, 1.807) is 10.7 Å². The highest BCUT2D eigenvalue weighted by Crippen LogP contribution is 2.28. The van der Waals surface area contributed by atoms with Gasteiger partial charge in [-0.2, -0.15) is 5.10 Å². The van der Waals surface area contributed by atoms with E-state index in [1.807, 2.05) is 43.0 Å². The molecule has 0 N–H and O–H groups in total. The molecule has 0 spiro atoms. The fourth-order valence-corrected chi connectivity index (χ4v) is 4.21. The van der Waals surface area contributed by atoms with Gasteiger partial charge in [-0.1, -0.05) is 29.8 Å². The van der Waals surface area contributed by atoms with Crippen LogP contribution in [0.25, 0.3) is 5.65 Å². The van der Waals surface area contributed by atoms with Crippen LogP contribution in [0.1, 0.15) is 40.3 Å². The van der Waals surface area contributed by atoms with E-state index >= 15 is 0 Å². The van der Waals surface area contributed by atoms with E-state index in [0.717, 1.165) is 35.1 Å². The zero-order valence-electron chi connectivity index (χ0n) is 16.4. The van der Waals surface area contributed by atoms with Crippen molar-refractivity contribution in [3.8, 4) is 0 Å². The summed E-state index contributed by atoms with van der Waals surface area (Å²) in [4.78, 5) is 21.9. The van der Waals surface area contributed by atoms with Gasteiger partial charge in [-0.05, 0) is 38.5 Å². The normalized spacial score (nSPS) is 16.5. The van der Waals surface area contributed by atoms with Crippen LogP contribution in [-0.4, -0.2) is 56.5 Å². The quantitative estimate of drug-likeness (QED) is 0.678.